The van der Waals surface area contributed by atoms with Crippen molar-refractivity contribution < 1.29 is 4.74 Å². The van der Waals surface area contributed by atoms with E-state index >= 15 is 0 Å². The van der Waals surface area contributed by atoms with Crippen molar-refractivity contribution in [1.29, 1.82) is 0 Å². The summed E-state index contributed by atoms with van der Waals surface area (Å²) in [5.74, 6) is 0.529. The molecule has 0 heterocycles. The molecule has 0 aliphatic carbocycles. The minimum atomic E-state index is 0.0334. The van der Waals surface area contributed by atoms with Gasteiger partial charge in [-0.3, -0.25) is 0 Å². The first-order valence-electron chi connectivity index (χ1n) is 6.21. The van der Waals surface area contributed by atoms with E-state index in [0.29, 0.717) is 5.92 Å². The first-order chi connectivity index (χ1) is 8.15. The number of hydrogen-bond acceptors (Lipinski definition) is 2. The number of halogens is 1. The lowest BCUT2D eigenvalue weighted by Crippen LogP contribution is -2.24. The van der Waals surface area contributed by atoms with Crippen LogP contribution in [0.1, 0.15) is 32.4 Å². The maximum atomic E-state index is 6.21. The average Bonchev–Trinajstić information content (AvgIpc) is 2.30. The minimum absolute atomic E-state index is 0.0334. The second-order valence-corrected chi connectivity index (χ2v) is 4.95. The van der Waals surface area contributed by atoms with E-state index in [4.69, 9.17) is 16.3 Å². The van der Waals surface area contributed by atoms with Crippen molar-refractivity contribution in [2.24, 2.45) is 5.92 Å². The van der Waals surface area contributed by atoms with Crippen LogP contribution < -0.4 is 5.32 Å². The Balaban J connectivity index is 2.71. The van der Waals surface area contributed by atoms with E-state index in [1.54, 1.807) is 0 Å². The van der Waals surface area contributed by atoms with Crippen LogP contribution in [-0.4, -0.2) is 19.7 Å². The zero-order valence-corrected chi connectivity index (χ0v) is 11.6. The third-order valence-corrected chi connectivity index (χ3v) is 2.81. The van der Waals surface area contributed by atoms with Crippen molar-refractivity contribution in [3.05, 3.63) is 34.9 Å². The highest BCUT2D eigenvalue weighted by Gasteiger charge is 2.14. The van der Waals surface area contributed by atoms with Crippen molar-refractivity contribution in [2.75, 3.05) is 19.7 Å². The summed E-state index contributed by atoms with van der Waals surface area (Å²) in [5, 5.41) is 4.09. The monoisotopic (exact) mass is 255 g/mol. The van der Waals surface area contributed by atoms with E-state index in [1.165, 1.54) is 0 Å². The molecule has 1 atom stereocenters. The molecule has 1 aromatic rings. The van der Waals surface area contributed by atoms with Crippen LogP contribution >= 0.6 is 11.6 Å². The van der Waals surface area contributed by atoms with Gasteiger partial charge in [0.2, 0.25) is 0 Å². The SMILES string of the molecule is CCNCC(OCC(C)C)c1ccccc1Cl. The summed E-state index contributed by atoms with van der Waals surface area (Å²) in [6.45, 7) is 8.88. The number of benzene rings is 1. The molecule has 17 heavy (non-hydrogen) atoms. The molecule has 0 bridgehead atoms. The van der Waals surface area contributed by atoms with Gasteiger partial charge in [-0.15, -0.1) is 0 Å². The molecule has 0 amide bonds. The summed E-state index contributed by atoms with van der Waals surface area (Å²) in [7, 11) is 0. The molecule has 1 rings (SSSR count). The molecule has 0 radical (unpaired) electrons. The standard InChI is InChI=1S/C14H22ClNO/c1-4-16-9-14(17-10-11(2)3)12-7-5-6-8-13(12)15/h5-8,11,14,16H,4,9-10H2,1-3H3. The summed E-state index contributed by atoms with van der Waals surface area (Å²) in [6.07, 6.45) is 0.0334. The maximum Gasteiger partial charge on any atom is 0.0963 e. The van der Waals surface area contributed by atoms with E-state index in [2.05, 4.69) is 26.1 Å². The molecule has 0 aliphatic rings. The molecule has 1 aromatic carbocycles. The number of hydrogen-bond donors (Lipinski definition) is 1. The van der Waals surface area contributed by atoms with Crippen LogP contribution in [0.2, 0.25) is 5.02 Å². The molecular weight excluding hydrogens is 234 g/mol. The van der Waals surface area contributed by atoms with Crippen LogP contribution in [0.25, 0.3) is 0 Å². The fraction of sp³-hybridized carbons (Fsp3) is 0.571. The van der Waals surface area contributed by atoms with Crippen molar-refractivity contribution in [3.63, 3.8) is 0 Å². The van der Waals surface area contributed by atoms with E-state index in [1.807, 2.05) is 24.3 Å². The number of likely N-dealkylation sites (N-methyl/N-ethyl adjacent to an activating group) is 1. The zero-order valence-electron chi connectivity index (χ0n) is 10.9. The van der Waals surface area contributed by atoms with Gasteiger partial charge in [-0.05, 0) is 18.5 Å². The molecule has 1 N–H and O–H groups in total. The van der Waals surface area contributed by atoms with Gasteiger partial charge in [-0.25, -0.2) is 0 Å². The van der Waals surface area contributed by atoms with Crippen LogP contribution in [0.5, 0.6) is 0 Å². The van der Waals surface area contributed by atoms with Gasteiger partial charge in [0.25, 0.3) is 0 Å². The largest absolute Gasteiger partial charge is 0.372 e. The normalized spacial score (nSPS) is 13.0. The second-order valence-electron chi connectivity index (χ2n) is 4.55. The quantitative estimate of drug-likeness (QED) is 0.803. The van der Waals surface area contributed by atoms with Crippen LogP contribution in [0.4, 0.5) is 0 Å². The topological polar surface area (TPSA) is 21.3 Å². The van der Waals surface area contributed by atoms with Gasteiger partial charge < -0.3 is 10.1 Å². The molecule has 0 aromatic heterocycles. The molecule has 2 nitrogen and oxygen atoms in total. The second kappa shape index (κ2) is 7.70. The van der Waals surface area contributed by atoms with Crippen molar-refractivity contribution in [2.45, 2.75) is 26.9 Å². The van der Waals surface area contributed by atoms with E-state index < -0.39 is 0 Å². The lowest BCUT2D eigenvalue weighted by atomic mass is 10.1. The van der Waals surface area contributed by atoms with Gasteiger partial charge in [0.1, 0.15) is 0 Å². The van der Waals surface area contributed by atoms with Crippen molar-refractivity contribution >= 4 is 11.6 Å². The predicted octanol–water partition coefficient (Wildman–Crippen LogP) is 3.66. The van der Waals surface area contributed by atoms with Crippen LogP contribution in [0, 0.1) is 5.92 Å². The smallest absolute Gasteiger partial charge is 0.0963 e. The van der Waals surface area contributed by atoms with Gasteiger partial charge in [-0.1, -0.05) is 50.6 Å². The predicted molar refractivity (Wildman–Crippen MR) is 73.5 cm³/mol. The Morgan fingerprint density at radius 2 is 2.00 bits per heavy atom. The highest BCUT2D eigenvalue weighted by Crippen LogP contribution is 2.25. The molecule has 0 aliphatic heterocycles. The zero-order chi connectivity index (χ0) is 12.7. The van der Waals surface area contributed by atoms with Crippen molar-refractivity contribution in [1.82, 2.24) is 5.32 Å². The van der Waals surface area contributed by atoms with Crippen LogP contribution in [0.15, 0.2) is 24.3 Å². The van der Waals surface area contributed by atoms with Crippen molar-refractivity contribution in [3.8, 4) is 0 Å². The Bertz CT molecular complexity index is 328. The Labute approximate surface area is 109 Å². The van der Waals surface area contributed by atoms with Crippen LogP contribution in [0.3, 0.4) is 0 Å². The van der Waals surface area contributed by atoms with E-state index in [9.17, 15) is 0 Å². The van der Waals surface area contributed by atoms with E-state index in [0.717, 1.165) is 30.3 Å². The van der Waals surface area contributed by atoms with Gasteiger partial charge >= 0.3 is 0 Å². The molecule has 1 unspecified atom stereocenters. The van der Waals surface area contributed by atoms with Gasteiger partial charge in [0.15, 0.2) is 0 Å². The maximum absolute atomic E-state index is 6.21. The summed E-state index contributed by atoms with van der Waals surface area (Å²) in [5.41, 5.74) is 1.07. The van der Waals surface area contributed by atoms with Gasteiger partial charge in [0.05, 0.1) is 6.10 Å². The molecule has 3 heteroatoms. The molecule has 0 saturated carbocycles. The highest BCUT2D eigenvalue weighted by atomic mass is 35.5. The minimum Gasteiger partial charge on any atom is -0.372 e. The number of ether oxygens (including phenoxy) is 1. The van der Waals surface area contributed by atoms with Crippen LogP contribution in [-0.2, 0) is 4.74 Å². The molecule has 96 valence electrons. The first-order valence-corrected chi connectivity index (χ1v) is 6.59. The van der Waals surface area contributed by atoms with Gasteiger partial charge in [-0.2, -0.15) is 0 Å². The summed E-state index contributed by atoms with van der Waals surface area (Å²) in [6, 6.07) is 7.89. The Kier molecular flexibility index (Phi) is 6.56. The van der Waals surface area contributed by atoms with E-state index in [-0.39, 0.29) is 6.10 Å². The Morgan fingerprint density at radius 1 is 1.29 bits per heavy atom. The molecule has 0 saturated heterocycles. The highest BCUT2D eigenvalue weighted by molar-refractivity contribution is 6.31. The molecule has 0 fully saturated rings. The fourth-order valence-corrected chi connectivity index (χ4v) is 1.84. The fourth-order valence-electron chi connectivity index (χ4n) is 1.58. The lowest BCUT2D eigenvalue weighted by molar-refractivity contribution is 0.0355. The lowest BCUT2D eigenvalue weighted by Gasteiger charge is -2.21. The Hall–Kier alpha value is -0.570. The third kappa shape index (κ3) is 5.07. The number of nitrogens with one attached hydrogen (secondary N) is 1. The summed E-state index contributed by atoms with van der Waals surface area (Å²) < 4.78 is 5.93. The number of rotatable bonds is 7. The first kappa shape index (κ1) is 14.5. The average molecular weight is 256 g/mol. The molecular formula is C14H22ClNO. The van der Waals surface area contributed by atoms with Gasteiger partial charge in [0, 0.05) is 23.7 Å². The summed E-state index contributed by atoms with van der Waals surface area (Å²) in [4.78, 5) is 0. The molecule has 0 spiro atoms. The summed E-state index contributed by atoms with van der Waals surface area (Å²) >= 11 is 6.21. The Morgan fingerprint density at radius 3 is 2.59 bits per heavy atom. The third-order valence-electron chi connectivity index (χ3n) is 2.46.